The van der Waals surface area contributed by atoms with Crippen molar-refractivity contribution >= 4 is 23.3 Å². The zero-order chi connectivity index (χ0) is 31.5. The normalized spacial score (nSPS) is 15.2. The van der Waals surface area contributed by atoms with Crippen LogP contribution >= 0.6 is 11.3 Å². The van der Waals surface area contributed by atoms with Crippen LogP contribution in [0.2, 0.25) is 0 Å². The smallest absolute Gasteiger partial charge is 0.475 e. The number of aromatic amines is 1. The van der Waals surface area contributed by atoms with Crippen LogP contribution in [0.4, 0.5) is 26.3 Å². The van der Waals surface area contributed by atoms with Crippen molar-refractivity contribution in [2.24, 2.45) is 0 Å². The highest BCUT2D eigenvalue weighted by Gasteiger charge is 2.38. The van der Waals surface area contributed by atoms with Gasteiger partial charge in [0.2, 0.25) is 0 Å². The number of hydrogen-bond acceptors (Lipinski definition) is 7. The van der Waals surface area contributed by atoms with Crippen LogP contribution in [0.1, 0.15) is 34.9 Å². The van der Waals surface area contributed by atoms with Crippen molar-refractivity contribution in [3.8, 4) is 11.4 Å². The van der Waals surface area contributed by atoms with Gasteiger partial charge in [0, 0.05) is 42.1 Å². The summed E-state index contributed by atoms with van der Waals surface area (Å²) in [6.45, 7) is 3.72. The average Bonchev–Trinajstić information content (AvgIpc) is 3.41. The average molecular weight is 623 g/mol. The Bertz CT molecular complexity index is 1330. The van der Waals surface area contributed by atoms with Crippen molar-refractivity contribution in [3.05, 3.63) is 74.3 Å². The summed E-state index contributed by atoms with van der Waals surface area (Å²) in [7, 11) is 2.13. The first kappa shape index (κ1) is 34.4. The van der Waals surface area contributed by atoms with Gasteiger partial charge in [-0.15, -0.1) is 11.3 Å². The number of rotatable bonds is 6. The van der Waals surface area contributed by atoms with E-state index >= 15 is 0 Å². The van der Waals surface area contributed by atoms with Gasteiger partial charge in [-0.2, -0.15) is 26.3 Å². The Morgan fingerprint density at radius 1 is 1.02 bits per heavy atom. The third-order valence-electron chi connectivity index (χ3n) is 5.62. The van der Waals surface area contributed by atoms with Gasteiger partial charge in [0.15, 0.2) is 0 Å². The topological polar surface area (TPSA) is 136 Å². The lowest BCUT2D eigenvalue weighted by atomic mass is 9.96. The second-order valence-electron chi connectivity index (χ2n) is 9.12. The molecule has 230 valence electrons. The van der Waals surface area contributed by atoms with E-state index in [-0.39, 0.29) is 5.56 Å². The summed E-state index contributed by atoms with van der Waals surface area (Å²) < 4.78 is 63.5. The summed E-state index contributed by atoms with van der Waals surface area (Å²) in [5, 5.41) is 19.8. The Hall–Kier alpha value is -3.76. The number of carbonyl (C=O) groups is 2. The van der Waals surface area contributed by atoms with E-state index in [1.807, 2.05) is 12.1 Å². The number of alkyl halides is 6. The number of nitrogens with one attached hydrogen (secondary N) is 2. The third-order valence-corrected chi connectivity index (χ3v) is 6.48. The van der Waals surface area contributed by atoms with E-state index in [2.05, 4.69) is 51.9 Å². The minimum Gasteiger partial charge on any atom is -0.475 e. The van der Waals surface area contributed by atoms with Crippen molar-refractivity contribution in [2.75, 3.05) is 20.1 Å². The fourth-order valence-corrected chi connectivity index (χ4v) is 4.56. The monoisotopic (exact) mass is 622 g/mol. The van der Waals surface area contributed by atoms with Crippen LogP contribution in [0.3, 0.4) is 0 Å². The Morgan fingerprint density at radius 3 is 2.19 bits per heavy atom. The maximum atomic E-state index is 12.2. The molecule has 1 aromatic carbocycles. The SMILES string of the molecule is CN(Cc1cccc(-c2nc(C3CCCNC3)cc(=O)[nH]2)c1)Cc1cccs1.O=C(O)C(F)(F)F.O=C(O)C(F)(F)F. The lowest BCUT2D eigenvalue weighted by Gasteiger charge is -2.22. The maximum Gasteiger partial charge on any atom is 0.490 e. The predicted molar refractivity (Wildman–Crippen MR) is 142 cm³/mol. The molecule has 2 aromatic heterocycles. The second kappa shape index (κ2) is 15.5. The Morgan fingerprint density at radius 2 is 1.67 bits per heavy atom. The van der Waals surface area contributed by atoms with Gasteiger partial charge in [-0.05, 0) is 49.5 Å². The lowest BCUT2D eigenvalue weighted by Crippen LogP contribution is -2.29. The van der Waals surface area contributed by atoms with Gasteiger partial charge in [-0.25, -0.2) is 14.6 Å². The molecule has 1 saturated heterocycles. The van der Waals surface area contributed by atoms with E-state index in [9.17, 15) is 31.1 Å². The minimum absolute atomic E-state index is 0.0780. The molecule has 0 amide bonds. The van der Waals surface area contributed by atoms with Gasteiger partial charge in [0.25, 0.3) is 5.56 Å². The molecule has 3 heterocycles. The van der Waals surface area contributed by atoms with Gasteiger partial charge >= 0.3 is 24.3 Å². The minimum atomic E-state index is -5.08. The first-order chi connectivity index (χ1) is 19.6. The summed E-state index contributed by atoms with van der Waals surface area (Å²) in [6.07, 6.45) is -7.96. The predicted octanol–water partition coefficient (Wildman–Crippen LogP) is 4.86. The third kappa shape index (κ3) is 12.0. The molecule has 0 bridgehead atoms. The van der Waals surface area contributed by atoms with Gasteiger partial charge in [0.05, 0.1) is 5.69 Å². The largest absolute Gasteiger partial charge is 0.490 e. The number of thiophene rings is 1. The molecule has 0 saturated carbocycles. The van der Waals surface area contributed by atoms with E-state index in [0.29, 0.717) is 11.7 Å². The van der Waals surface area contributed by atoms with Crippen LogP contribution < -0.4 is 10.9 Å². The van der Waals surface area contributed by atoms with Crippen LogP contribution in [0.15, 0.2) is 52.6 Å². The summed E-state index contributed by atoms with van der Waals surface area (Å²) in [5.74, 6) is -4.54. The molecule has 1 aliphatic heterocycles. The number of aromatic nitrogens is 2. The number of benzene rings is 1. The summed E-state index contributed by atoms with van der Waals surface area (Å²) in [6, 6.07) is 14.2. The molecule has 42 heavy (non-hydrogen) atoms. The lowest BCUT2D eigenvalue weighted by molar-refractivity contribution is -0.193. The highest BCUT2D eigenvalue weighted by Crippen LogP contribution is 2.23. The molecule has 4 N–H and O–H groups in total. The summed E-state index contributed by atoms with van der Waals surface area (Å²) in [4.78, 5) is 41.4. The zero-order valence-corrected chi connectivity index (χ0v) is 22.9. The van der Waals surface area contributed by atoms with Crippen LogP contribution in [-0.2, 0) is 22.7 Å². The number of piperidine rings is 1. The van der Waals surface area contributed by atoms with Crippen molar-refractivity contribution in [1.82, 2.24) is 20.2 Å². The molecule has 0 aliphatic carbocycles. The van der Waals surface area contributed by atoms with Gasteiger partial charge in [0.1, 0.15) is 5.82 Å². The molecule has 1 atom stereocenters. The molecule has 9 nitrogen and oxygen atoms in total. The molecule has 3 aromatic rings. The fourth-order valence-electron chi connectivity index (χ4n) is 3.78. The maximum absolute atomic E-state index is 12.2. The van der Waals surface area contributed by atoms with E-state index in [1.165, 1.54) is 10.4 Å². The number of halogens is 6. The molecule has 0 radical (unpaired) electrons. The van der Waals surface area contributed by atoms with Crippen LogP contribution in [0, 0.1) is 0 Å². The van der Waals surface area contributed by atoms with E-state index in [1.54, 1.807) is 17.4 Å². The molecular formula is C26H28F6N4O5S. The highest BCUT2D eigenvalue weighted by atomic mass is 32.1. The Kier molecular flexibility index (Phi) is 12.7. The van der Waals surface area contributed by atoms with Crippen LogP contribution in [0.25, 0.3) is 11.4 Å². The molecule has 1 aliphatic rings. The van der Waals surface area contributed by atoms with Gasteiger partial charge in [-0.1, -0.05) is 24.3 Å². The van der Waals surface area contributed by atoms with Crippen molar-refractivity contribution in [1.29, 1.82) is 0 Å². The molecule has 0 spiro atoms. The van der Waals surface area contributed by atoms with Gasteiger partial charge in [-0.3, -0.25) is 9.69 Å². The molecule has 16 heteroatoms. The number of carboxylic acid groups (broad SMARTS) is 2. The molecular weight excluding hydrogens is 594 g/mol. The zero-order valence-electron chi connectivity index (χ0n) is 22.1. The van der Waals surface area contributed by atoms with Crippen molar-refractivity contribution in [3.63, 3.8) is 0 Å². The number of aliphatic carboxylic acids is 2. The summed E-state index contributed by atoms with van der Waals surface area (Å²) >= 11 is 1.78. The number of hydrogen-bond donors (Lipinski definition) is 4. The van der Waals surface area contributed by atoms with Crippen LogP contribution in [0.5, 0.6) is 0 Å². The van der Waals surface area contributed by atoms with E-state index in [0.717, 1.165) is 50.3 Å². The molecule has 4 rings (SSSR count). The quantitative estimate of drug-likeness (QED) is 0.286. The Balaban J connectivity index is 0.000000367. The number of nitrogens with zero attached hydrogens (tertiary/aromatic N) is 2. The second-order valence-corrected chi connectivity index (χ2v) is 10.2. The first-order valence-electron chi connectivity index (χ1n) is 12.3. The highest BCUT2D eigenvalue weighted by molar-refractivity contribution is 7.09. The van der Waals surface area contributed by atoms with Crippen molar-refractivity contribution in [2.45, 2.75) is 44.2 Å². The fraction of sp³-hybridized carbons (Fsp3) is 0.385. The van der Waals surface area contributed by atoms with Crippen LogP contribution in [-0.4, -0.2) is 69.5 Å². The number of carboxylic acids is 2. The van der Waals surface area contributed by atoms with E-state index in [4.69, 9.17) is 24.8 Å². The van der Waals surface area contributed by atoms with Crippen molar-refractivity contribution < 1.29 is 46.1 Å². The standard InChI is InChI=1S/C22H26N4OS.2C2HF3O2/c1-26(15-19-8-4-10-28-19)14-16-5-2-6-17(11-16)22-24-20(12-21(27)25-22)18-7-3-9-23-13-18;2*3-2(4,5)1(6)7/h2,4-6,8,10-12,18,23H,3,7,9,13-15H2,1H3,(H,24,25,27);2*(H,6,7). The number of H-pyrrole nitrogens is 1. The van der Waals surface area contributed by atoms with Gasteiger partial charge < -0.3 is 20.5 Å². The first-order valence-corrected chi connectivity index (χ1v) is 13.2. The molecule has 1 fully saturated rings. The Labute approximate surface area is 239 Å². The van der Waals surface area contributed by atoms with E-state index < -0.39 is 24.3 Å². The summed E-state index contributed by atoms with van der Waals surface area (Å²) in [5.41, 5.74) is 2.99. The molecule has 1 unspecified atom stereocenters.